The molecule has 0 saturated carbocycles. The van der Waals surface area contributed by atoms with Crippen molar-refractivity contribution in [2.45, 2.75) is 63.9 Å². The van der Waals surface area contributed by atoms with E-state index in [1.165, 1.54) is 24.7 Å². The summed E-state index contributed by atoms with van der Waals surface area (Å²) in [7, 11) is -7.90. The van der Waals surface area contributed by atoms with Crippen LogP contribution in [0, 0.1) is 0 Å². The van der Waals surface area contributed by atoms with E-state index in [4.69, 9.17) is 19.5 Å². The maximum absolute atomic E-state index is 12.5. The molecule has 1 aliphatic heterocycles. The van der Waals surface area contributed by atoms with Crippen molar-refractivity contribution >= 4 is 32.2 Å². The Morgan fingerprint density at radius 1 is 1.29 bits per heavy atom. The minimum absolute atomic E-state index is 0.0634. The number of ether oxygens (including phenoxy) is 1. The molecule has 13 nitrogen and oxygen atoms in total. The van der Waals surface area contributed by atoms with Crippen molar-refractivity contribution in [3.63, 3.8) is 0 Å². The first kappa shape index (κ1) is 24.1. The summed E-state index contributed by atoms with van der Waals surface area (Å²) < 4.78 is 42.5. The van der Waals surface area contributed by atoms with Crippen molar-refractivity contribution in [2.24, 2.45) is 0 Å². The molecule has 1 aliphatic rings. The lowest BCUT2D eigenvalue weighted by atomic mass is 10.2. The molecule has 174 valence electrons. The summed E-state index contributed by atoms with van der Waals surface area (Å²) >= 11 is 0. The van der Waals surface area contributed by atoms with Crippen molar-refractivity contribution in [3.8, 4) is 0 Å². The Kier molecular flexibility index (Phi) is 6.79. The lowest BCUT2D eigenvalue weighted by molar-refractivity contribution is -0.0413. The van der Waals surface area contributed by atoms with E-state index in [0.717, 1.165) is 0 Å². The molecule has 3 rings (SSSR count). The first-order chi connectivity index (χ1) is 14.3. The van der Waals surface area contributed by atoms with Gasteiger partial charge in [-0.05, 0) is 0 Å². The lowest BCUT2D eigenvalue weighted by Crippen LogP contribution is -2.29. The third-order valence-electron chi connectivity index (χ3n) is 4.95. The molecule has 2 aromatic heterocycles. The van der Waals surface area contributed by atoms with Crippen molar-refractivity contribution in [2.75, 3.05) is 12.3 Å². The second-order valence-electron chi connectivity index (χ2n) is 7.90. The van der Waals surface area contributed by atoms with Crippen LogP contribution in [-0.2, 0) is 22.9 Å². The number of aromatic amines is 1. The topological polar surface area (TPSA) is 192 Å². The molecule has 2 aromatic rings. The summed E-state index contributed by atoms with van der Waals surface area (Å²) in [5, 5.41) is 4.32. The molecular weight excluding hydrogens is 452 g/mol. The normalized spacial score (nSPS) is 25.9. The molecule has 3 heterocycles. The Labute approximate surface area is 178 Å². The standard InChI is InChI=1S/C16H27N5O8P2/c1-8(2)30(23,24)27-7-12-11(29-31(25,26)9(3)4)5-13(28-12)21-14-10(6-18-21)15(22)20-16(17)19-14/h6,8-9,11-13H,5,7H2,1-4H3,(H,23,24)(H,25,26)(H3,17,19,20,22)/t11-,12-,13-/m1/s1. The van der Waals surface area contributed by atoms with Gasteiger partial charge < -0.3 is 29.3 Å². The summed E-state index contributed by atoms with van der Waals surface area (Å²) in [6, 6.07) is 0. The average molecular weight is 479 g/mol. The van der Waals surface area contributed by atoms with Crippen LogP contribution in [0.2, 0.25) is 0 Å². The molecule has 1 fully saturated rings. The SMILES string of the molecule is CC(C)P(=O)(O)OC[C@H]1O[C@@H](n2ncc3c(=O)[nH]c(N)nc32)C[C@H]1OP(=O)(O)C(C)C. The van der Waals surface area contributed by atoms with E-state index in [9.17, 15) is 23.7 Å². The molecule has 31 heavy (non-hydrogen) atoms. The molecule has 15 heteroatoms. The number of aromatic nitrogens is 4. The number of rotatable bonds is 8. The summed E-state index contributed by atoms with van der Waals surface area (Å²) in [6.45, 7) is 5.82. The van der Waals surface area contributed by atoms with Gasteiger partial charge in [-0.2, -0.15) is 10.1 Å². The molecule has 0 aliphatic carbocycles. The van der Waals surface area contributed by atoms with Crippen LogP contribution in [0.15, 0.2) is 11.0 Å². The minimum atomic E-state index is -3.99. The van der Waals surface area contributed by atoms with E-state index in [1.807, 2.05) is 0 Å². The maximum atomic E-state index is 12.5. The van der Waals surface area contributed by atoms with Gasteiger partial charge in [-0.15, -0.1) is 0 Å². The van der Waals surface area contributed by atoms with Gasteiger partial charge in [-0.3, -0.25) is 18.9 Å². The molecule has 0 spiro atoms. The van der Waals surface area contributed by atoms with Gasteiger partial charge in [-0.1, -0.05) is 27.7 Å². The van der Waals surface area contributed by atoms with E-state index in [-0.39, 0.29) is 30.0 Å². The first-order valence-corrected chi connectivity index (χ1v) is 13.0. The molecular formula is C16H27N5O8P2. The van der Waals surface area contributed by atoms with Crippen LogP contribution in [0.1, 0.15) is 40.3 Å². The van der Waals surface area contributed by atoms with Crippen LogP contribution >= 0.6 is 15.2 Å². The summed E-state index contributed by atoms with van der Waals surface area (Å²) in [5.41, 5.74) is 4.00. The summed E-state index contributed by atoms with van der Waals surface area (Å²) in [5.74, 6) is -0.109. The predicted molar refractivity (Wildman–Crippen MR) is 112 cm³/mol. The van der Waals surface area contributed by atoms with E-state index in [1.54, 1.807) is 13.8 Å². The number of nitrogens with one attached hydrogen (secondary N) is 1. The second-order valence-corrected chi connectivity index (χ2v) is 12.7. The Bertz CT molecular complexity index is 1100. The fourth-order valence-corrected chi connectivity index (χ4v) is 4.43. The molecule has 0 amide bonds. The monoisotopic (exact) mass is 479 g/mol. The van der Waals surface area contributed by atoms with E-state index in [2.05, 4.69) is 15.1 Å². The molecule has 0 bridgehead atoms. The van der Waals surface area contributed by atoms with Gasteiger partial charge in [0.1, 0.15) is 17.6 Å². The molecule has 5 atom stereocenters. The number of hydrogen-bond acceptors (Lipinski definition) is 9. The van der Waals surface area contributed by atoms with Crippen LogP contribution in [0.5, 0.6) is 0 Å². The van der Waals surface area contributed by atoms with Crippen LogP contribution < -0.4 is 11.3 Å². The first-order valence-electron chi connectivity index (χ1n) is 9.68. The minimum Gasteiger partial charge on any atom is -0.369 e. The summed E-state index contributed by atoms with van der Waals surface area (Å²) in [6.07, 6.45) is -1.35. The second kappa shape index (κ2) is 8.74. The highest BCUT2D eigenvalue weighted by Crippen LogP contribution is 2.52. The largest absolute Gasteiger partial charge is 0.369 e. The van der Waals surface area contributed by atoms with E-state index < -0.39 is 50.5 Å². The third kappa shape index (κ3) is 5.09. The van der Waals surface area contributed by atoms with Gasteiger partial charge in [0.05, 0.1) is 24.1 Å². The predicted octanol–water partition coefficient (Wildman–Crippen LogP) is 1.58. The maximum Gasteiger partial charge on any atom is 0.330 e. The zero-order valence-corrected chi connectivity index (χ0v) is 19.3. The molecule has 0 aromatic carbocycles. The van der Waals surface area contributed by atoms with E-state index in [0.29, 0.717) is 0 Å². The van der Waals surface area contributed by atoms with Crippen LogP contribution in [0.3, 0.4) is 0 Å². The number of hydrogen-bond donors (Lipinski definition) is 4. The Morgan fingerprint density at radius 3 is 2.55 bits per heavy atom. The Balaban J connectivity index is 1.90. The van der Waals surface area contributed by atoms with Gasteiger partial charge in [0, 0.05) is 6.42 Å². The summed E-state index contributed by atoms with van der Waals surface area (Å²) in [4.78, 5) is 38.7. The Hall–Kier alpha value is -1.59. The van der Waals surface area contributed by atoms with Gasteiger partial charge in [0.2, 0.25) is 5.95 Å². The number of nitrogens with two attached hydrogens (primary N) is 1. The van der Waals surface area contributed by atoms with E-state index >= 15 is 0 Å². The molecule has 5 N–H and O–H groups in total. The van der Waals surface area contributed by atoms with Crippen molar-refractivity contribution in [1.82, 2.24) is 19.7 Å². The smallest absolute Gasteiger partial charge is 0.330 e. The van der Waals surface area contributed by atoms with Crippen LogP contribution in [0.25, 0.3) is 11.0 Å². The number of H-pyrrole nitrogens is 1. The number of anilines is 1. The number of nitrogens with zero attached hydrogens (tertiary/aromatic N) is 3. The number of nitrogen functional groups attached to an aromatic ring is 1. The van der Waals surface area contributed by atoms with Crippen LogP contribution in [-0.4, -0.2) is 59.7 Å². The van der Waals surface area contributed by atoms with Gasteiger partial charge >= 0.3 is 15.2 Å². The van der Waals surface area contributed by atoms with Crippen molar-refractivity contribution in [1.29, 1.82) is 0 Å². The number of fused-ring (bicyclic) bond motifs is 1. The average Bonchev–Trinajstić information content (AvgIpc) is 3.23. The third-order valence-corrected chi connectivity index (χ3v) is 8.65. The molecule has 1 saturated heterocycles. The van der Waals surface area contributed by atoms with Crippen LogP contribution in [0.4, 0.5) is 5.95 Å². The van der Waals surface area contributed by atoms with Gasteiger partial charge in [0.15, 0.2) is 11.9 Å². The van der Waals surface area contributed by atoms with Gasteiger partial charge in [0.25, 0.3) is 5.56 Å². The molecule has 0 radical (unpaired) electrons. The van der Waals surface area contributed by atoms with Crippen molar-refractivity contribution < 1.29 is 32.7 Å². The lowest BCUT2D eigenvalue weighted by Gasteiger charge is -2.24. The highest BCUT2D eigenvalue weighted by molar-refractivity contribution is 7.53. The fourth-order valence-electron chi connectivity index (χ4n) is 2.92. The molecule has 2 unspecified atom stereocenters. The highest BCUT2D eigenvalue weighted by Gasteiger charge is 2.44. The zero-order valence-electron chi connectivity index (χ0n) is 17.5. The quantitative estimate of drug-likeness (QED) is 0.402. The zero-order chi connectivity index (χ0) is 23.1. The van der Waals surface area contributed by atoms with Gasteiger partial charge in [-0.25, -0.2) is 4.68 Å². The Morgan fingerprint density at radius 2 is 1.94 bits per heavy atom. The fraction of sp³-hybridized carbons (Fsp3) is 0.688. The highest BCUT2D eigenvalue weighted by atomic mass is 31.2. The van der Waals surface area contributed by atoms with Crippen molar-refractivity contribution in [3.05, 3.63) is 16.6 Å².